The zero-order valence-corrected chi connectivity index (χ0v) is 10.1. The zero-order valence-electron chi connectivity index (χ0n) is 9.25. The average Bonchev–Trinajstić information content (AvgIpc) is 2.83. The van der Waals surface area contributed by atoms with Gasteiger partial charge >= 0.3 is 0 Å². The van der Waals surface area contributed by atoms with Crippen LogP contribution in [-0.2, 0) is 4.79 Å². The van der Waals surface area contributed by atoms with Crippen molar-refractivity contribution in [3.63, 3.8) is 0 Å². The van der Waals surface area contributed by atoms with Gasteiger partial charge in [-0.3, -0.25) is 10.1 Å². The van der Waals surface area contributed by atoms with Crippen molar-refractivity contribution in [2.45, 2.75) is 17.1 Å². The molecule has 0 saturated heterocycles. The van der Waals surface area contributed by atoms with Crippen LogP contribution in [0.4, 0.5) is 5.95 Å². The number of carbonyl (C=O) groups excluding carboxylic acids is 1. The molecule has 0 unspecified atom stereocenters. The van der Waals surface area contributed by atoms with Crippen LogP contribution in [-0.4, -0.2) is 26.3 Å². The van der Waals surface area contributed by atoms with Gasteiger partial charge in [-0.05, 0) is 19.1 Å². The molecule has 88 valence electrons. The Morgan fingerprint density at radius 3 is 2.82 bits per heavy atom. The highest BCUT2D eigenvalue weighted by molar-refractivity contribution is 8.00. The van der Waals surface area contributed by atoms with Gasteiger partial charge < -0.3 is 0 Å². The number of nitrogens with one attached hydrogen (secondary N) is 2. The Hall–Kier alpha value is -1.82. The van der Waals surface area contributed by atoms with Crippen molar-refractivity contribution in [1.82, 2.24) is 15.2 Å². The normalized spacial score (nSPS) is 12.1. The predicted molar refractivity (Wildman–Crippen MR) is 66.8 cm³/mol. The van der Waals surface area contributed by atoms with Crippen LogP contribution in [0.5, 0.6) is 0 Å². The fourth-order valence-corrected chi connectivity index (χ4v) is 2.13. The molecule has 0 aliphatic carbocycles. The Morgan fingerprint density at radius 1 is 1.41 bits per heavy atom. The summed E-state index contributed by atoms with van der Waals surface area (Å²) in [6.07, 6.45) is 1.35. The summed E-state index contributed by atoms with van der Waals surface area (Å²) in [6, 6.07) is 9.79. The second kappa shape index (κ2) is 5.49. The van der Waals surface area contributed by atoms with Crippen LogP contribution in [0, 0.1) is 0 Å². The third-order valence-corrected chi connectivity index (χ3v) is 3.19. The first kappa shape index (κ1) is 11.7. The monoisotopic (exact) mass is 248 g/mol. The quantitative estimate of drug-likeness (QED) is 0.811. The molecule has 0 saturated carbocycles. The number of aromatic nitrogens is 3. The Morgan fingerprint density at radius 2 is 2.18 bits per heavy atom. The lowest BCUT2D eigenvalue weighted by molar-refractivity contribution is -0.115. The SMILES string of the molecule is C[C@@H](Sc1ccccc1)C(=O)Nc1ncn[nH]1. The van der Waals surface area contributed by atoms with Crippen LogP contribution in [0.3, 0.4) is 0 Å². The number of amides is 1. The summed E-state index contributed by atoms with van der Waals surface area (Å²) in [5.41, 5.74) is 0. The molecule has 1 amide bonds. The van der Waals surface area contributed by atoms with Crippen molar-refractivity contribution in [2.24, 2.45) is 0 Å². The molecule has 2 rings (SSSR count). The Bertz CT molecular complexity index is 471. The standard InChI is InChI=1S/C11H12N4OS/c1-8(17-9-5-3-2-4-6-9)10(16)14-11-12-7-13-15-11/h2-8H,1H3,(H2,12,13,14,15,16)/t8-/m1/s1. The largest absolute Gasteiger partial charge is 0.294 e. The number of benzene rings is 1. The molecule has 0 fully saturated rings. The minimum atomic E-state index is -0.192. The van der Waals surface area contributed by atoms with Gasteiger partial charge in [-0.25, -0.2) is 5.10 Å². The van der Waals surface area contributed by atoms with Crippen LogP contribution >= 0.6 is 11.8 Å². The van der Waals surface area contributed by atoms with E-state index < -0.39 is 0 Å². The Kier molecular flexibility index (Phi) is 3.77. The van der Waals surface area contributed by atoms with Crippen molar-refractivity contribution in [2.75, 3.05) is 5.32 Å². The number of H-pyrrole nitrogens is 1. The molecule has 6 heteroatoms. The molecule has 0 aliphatic heterocycles. The van der Waals surface area contributed by atoms with Gasteiger partial charge in [-0.2, -0.15) is 10.1 Å². The highest BCUT2D eigenvalue weighted by Crippen LogP contribution is 2.23. The molecule has 1 aromatic carbocycles. The highest BCUT2D eigenvalue weighted by Gasteiger charge is 2.15. The first-order chi connectivity index (χ1) is 8.25. The molecule has 1 atom stereocenters. The predicted octanol–water partition coefficient (Wildman–Crippen LogP) is 1.92. The third-order valence-electron chi connectivity index (χ3n) is 2.08. The number of nitrogens with zero attached hydrogens (tertiary/aromatic N) is 2. The smallest absolute Gasteiger partial charge is 0.239 e. The number of aromatic amines is 1. The van der Waals surface area contributed by atoms with Crippen molar-refractivity contribution < 1.29 is 4.79 Å². The van der Waals surface area contributed by atoms with E-state index in [1.165, 1.54) is 18.1 Å². The molecule has 0 radical (unpaired) electrons. The van der Waals surface area contributed by atoms with E-state index in [2.05, 4.69) is 20.5 Å². The molecule has 0 spiro atoms. The van der Waals surface area contributed by atoms with Crippen LogP contribution in [0.25, 0.3) is 0 Å². The molecule has 2 N–H and O–H groups in total. The maximum absolute atomic E-state index is 11.8. The molecular weight excluding hydrogens is 236 g/mol. The topological polar surface area (TPSA) is 70.7 Å². The zero-order chi connectivity index (χ0) is 12.1. The summed E-state index contributed by atoms with van der Waals surface area (Å²) >= 11 is 1.50. The van der Waals surface area contributed by atoms with Crippen molar-refractivity contribution in [3.05, 3.63) is 36.7 Å². The Balaban J connectivity index is 1.92. The number of hydrogen-bond acceptors (Lipinski definition) is 4. The van der Waals surface area contributed by atoms with Crippen LogP contribution in [0.2, 0.25) is 0 Å². The summed E-state index contributed by atoms with van der Waals surface area (Å²) in [7, 11) is 0. The van der Waals surface area contributed by atoms with Gasteiger partial charge in [0.25, 0.3) is 0 Å². The van der Waals surface area contributed by atoms with Gasteiger partial charge in [0.15, 0.2) is 0 Å². The summed E-state index contributed by atoms with van der Waals surface area (Å²) < 4.78 is 0. The minimum Gasteiger partial charge on any atom is -0.294 e. The number of thioether (sulfide) groups is 1. The van der Waals surface area contributed by atoms with Gasteiger partial charge in [-0.15, -0.1) is 11.8 Å². The molecule has 1 aromatic heterocycles. The van der Waals surface area contributed by atoms with Crippen LogP contribution in [0.1, 0.15) is 6.92 Å². The first-order valence-electron chi connectivity index (χ1n) is 5.13. The van der Waals surface area contributed by atoms with Crippen LogP contribution in [0.15, 0.2) is 41.6 Å². The average molecular weight is 248 g/mol. The minimum absolute atomic E-state index is 0.101. The van der Waals surface area contributed by atoms with Gasteiger partial charge in [0, 0.05) is 4.90 Å². The van der Waals surface area contributed by atoms with Crippen LogP contribution < -0.4 is 5.32 Å². The van der Waals surface area contributed by atoms with Gasteiger partial charge in [-0.1, -0.05) is 18.2 Å². The molecule has 5 nitrogen and oxygen atoms in total. The lowest BCUT2D eigenvalue weighted by Gasteiger charge is -2.09. The van der Waals surface area contributed by atoms with Gasteiger partial charge in [0.05, 0.1) is 5.25 Å². The molecule has 1 heterocycles. The molecule has 17 heavy (non-hydrogen) atoms. The maximum atomic E-state index is 11.8. The summed E-state index contributed by atoms with van der Waals surface area (Å²) in [6.45, 7) is 1.85. The van der Waals surface area contributed by atoms with E-state index in [0.717, 1.165) is 4.90 Å². The molecule has 2 aromatic rings. The molecule has 0 aliphatic rings. The molecular formula is C11H12N4OS. The lowest BCUT2D eigenvalue weighted by atomic mass is 10.4. The van der Waals surface area contributed by atoms with E-state index >= 15 is 0 Å². The van der Waals surface area contributed by atoms with Crippen molar-refractivity contribution in [3.8, 4) is 0 Å². The molecule has 0 bridgehead atoms. The maximum Gasteiger partial charge on any atom is 0.239 e. The second-order valence-corrected chi connectivity index (χ2v) is 4.81. The fraction of sp³-hybridized carbons (Fsp3) is 0.182. The van der Waals surface area contributed by atoms with Gasteiger partial charge in [0.2, 0.25) is 11.9 Å². The van der Waals surface area contributed by atoms with E-state index in [-0.39, 0.29) is 11.2 Å². The van der Waals surface area contributed by atoms with Gasteiger partial charge in [0.1, 0.15) is 6.33 Å². The van der Waals surface area contributed by atoms with Crippen molar-refractivity contribution in [1.29, 1.82) is 0 Å². The number of hydrogen-bond donors (Lipinski definition) is 2. The Labute approximate surface area is 103 Å². The van der Waals surface area contributed by atoms with Crippen molar-refractivity contribution >= 4 is 23.6 Å². The van der Waals surface area contributed by atoms with E-state index in [9.17, 15) is 4.79 Å². The summed E-state index contributed by atoms with van der Waals surface area (Å²) in [5, 5.41) is 8.71. The summed E-state index contributed by atoms with van der Waals surface area (Å²) in [5.74, 6) is 0.270. The first-order valence-corrected chi connectivity index (χ1v) is 6.01. The number of rotatable bonds is 4. The highest BCUT2D eigenvalue weighted by atomic mass is 32.2. The lowest BCUT2D eigenvalue weighted by Crippen LogP contribution is -2.23. The number of carbonyl (C=O) groups is 1. The summed E-state index contributed by atoms with van der Waals surface area (Å²) in [4.78, 5) is 16.7. The second-order valence-electron chi connectivity index (χ2n) is 3.40. The number of anilines is 1. The fourth-order valence-electron chi connectivity index (χ4n) is 1.24. The van der Waals surface area contributed by atoms with E-state index in [1.807, 2.05) is 37.3 Å². The third kappa shape index (κ3) is 3.32. The van der Waals surface area contributed by atoms with E-state index in [1.54, 1.807) is 0 Å². The van der Waals surface area contributed by atoms with E-state index in [4.69, 9.17) is 0 Å². The van der Waals surface area contributed by atoms with E-state index in [0.29, 0.717) is 5.95 Å².